The van der Waals surface area contributed by atoms with Gasteiger partial charge < -0.3 is 14.1 Å². The number of amides is 1. The monoisotopic (exact) mass is 407 g/mol. The lowest BCUT2D eigenvalue weighted by atomic mass is 10.4. The van der Waals surface area contributed by atoms with Crippen LogP contribution in [-0.2, 0) is 27.4 Å². The van der Waals surface area contributed by atoms with E-state index < -0.39 is 11.7 Å². The summed E-state index contributed by atoms with van der Waals surface area (Å²) >= 11 is 2.95. The third kappa shape index (κ3) is 5.14. The van der Waals surface area contributed by atoms with Crippen molar-refractivity contribution in [3.05, 3.63) is 50.5 Å². The van der Waals surface area contributed by atoms with E-state index in [0.717, 1.165) is 14.4 Å². The number of nitrogens with zero attached hydrogens (tertiary/aromatic N) is 3. The van der Waals surface area contributed by atoms with Crippen molar-refractivity contribution < 1.29 is 18.7 Å². The maximum absolute atomic E-state index is 12.0. The fourth-order valence-electron chi connectivity index (χ4n) is 2.19. The van der Waals surface area contributed by atoms with Gasteiger partial charge in [-0.05, 0) is 22.9 Å². The summed E-state index contributed by atoms with van der Waals surface area (Å²) in [6, 6.07) is 7.45. The Bertz CT molecular complexity index is 944. The SMILES string of the molecule is CN(Cc1cccs1)C(=O)COC(=O)CCn1nc(-c2cccs2)oc1=O. The highest BCUT2D eigenvalue weighted by Crippen LogP contribution is 2.21. The summed E-state index contributed by atoms with van der Waals surface area (Å²) in [4.78, 5) is 38.9. The summed E-state index contributed by atoms with van der Waals surface area (Å²) in [5.74, 6) is -1.30. The lowest BCUT2D eigenvalue weighted by Gasteiger charge is -2.16. The number of esters is 1. The smallest absolute Gasteiger partial charge is 0.437 e. The van der Waals surface area contributed by atoms with Crippen molar-refractivity contribution in [2.24, 2.45) is 0 Å². The molecule has 0 spiro atoms. The van der Waals surface area contributed by atoms with Crippen LogP contribution in [0.25, 0.3) is 10.8 Å². The number of carbonyl (C=O) groups excluding carboxylic acids is 2. The lowest BCUT2D eigenvalue weighted by molar-refractivity contribution is -0.151. The van der Waals surface area contributed by atoms with Crippen LogP contribution in [0.2, 0.25) is 0 Å². The van der Waals surface area contributed by atoms with Gasteiger partial charge in [-0.1, -0.05) is 12.1 Å². The average molecular weight is 407 g/mol. The molecule has 0 saturated heterocycles. The van der Waals surface area contributed by atoms with Crippen LogP contribution >= 0.6 is 22.7 Å². The van der Waals surface area contributed by atoms with Gasteiger partial charge in [0.05, 0.1) is 24.4 Å². The van der Waals surface area contributed by atoms with Gasteiger partial charge in [-0.2, -0.15) is 4.68 Å². The molecule has 3 aromatic rings. The zero-order valence-corrected chi connectivity index (χ0v) is 16.1. The predicted octanol–water partition coefficient (Wildman–Crippen LogP) is 2.22. The molecule has 3 rings (SSSR count). The minimum absolute atomic E-state index is 0.0196. The van der Waals surface area contributed by atoms with E-state index in [4.69, 9.17) is 9.15 Å². The van der Waals surface area contributed by atoms with E-state index in [9.17, 15) is 14.4 Å². The van der Waals surface area contributed by atoms with Crippen LogP contribution in [0.5, 0.6) is 0 Å². The molecule has 0 aromatic carbocycles. The molecule has 27 heavy (non-hydrogen) atoms. The van der Waals surface area contributed by atoms with Gasteiger partial charge in [0.15, 0.2) is 6.61 Å². The van der Waals surface area contributed by atoms with Crippen LogP contribution in [0.1, 0.15) is 11.3 Å². The molecular formula is C17H17N3O5S2. The number of aryl methyl sites for hydroxylation is 1. The van der Waals surface area contributed by atoms with Crippen molar-refractivity contribution in [2.75, 3.05) is 13.7 Å². The van der Waals surface area contributed by atoms with Crippen LogP contribution in [0, 0.1) is 0 Å². The van der Waals surface area contributed by atoms with Gasteiger partial charge in [0.25, 0.3) is 11.8 Å². The number of carbonyl (C=O) groups is 2. The fourth-order valence-corrected chi connectivity index (χ4v) is 3.60. The van der Waals surface area contributed by atoms with E-state index in [0.29, 0.717) is 6.54 Å². The second-order valence-electron chi connectivity index (χ2n) is 5.61. The first-order chi connectivity index (χ1) is 13.0. The second-order valence-corrected chi connectivity index (χ2v) is 7.59. The zero-order chi connectivity index (χ0) is 19.2. The summed E-state index contributed by atoms with van der Waals surface area (Å²) in [7, 11) is 1.65. The summed E-state index contributed by atoms with van der Waals surface area (Å²) < 4.78 is 11.1. The van der Waals surface area contributed by atoms with Gasteiger partial charge in [0.1, 0.15) is 0 Å². The molecule has 3 aromatic heterocycles. The lowest BCUT2D eigenvalue weighted by Crippen LogP contribution is -2.30. The highest BCUT2D eigenvalue weighted by molar-refractivity contribution is 7.13. The zero-order valence-electron chi connectivity index (χ0n) is 14.5. The maximum atomic E-state index is 12.0. The minimum Gasteiger partial charge on any atom is -0.456 e. The highest BCUT2D eigenvalue weighted by Gasteiger charge is 2.15. The molecule has 3 heterocycles. The first kappa shape index (κ1) is 19.1. The Morgan fingerprint density at radius 3 is 2.74 bits per heavy atom. The van der Waals surface area contributed by atoms with Crippen molar-refractivity contribution in [2.45, 2.75) is 19.5 Å². The van der Waals surface area contributed by atoms with Crippen molar-refractivity contribution >= 4 is 34.6 Å². The molecule has 0 bridgehead atoms. The van der Waals surface area contributed by atoms with Crippen LogP contribution in [-0.4, -0.2) is 40.2 Å². The minimum atomic E-state index is -0.641. The molecule has 0 atom stereocenters. The first-order valence-corrected chi connectivity index (χ1v) is 9.82. The standard InChI is InChI=1S/C17H17N3O5S2/c1-19(10-12-4-2-8-26-12)14(21)11-24-15(22)6-7-20-17(23)25-16(18-20)13-5-3-9-27-13/h2-5,8-9H,6-7,10-11H2,1H3. The molecule has 0 aliphatic heterocycles. The molecule has 0 saturated carbocycles. The van der Waals surface area contributed by atoms with Crippen LogP contribution in [0.3, 0.4) is 0 Å². The van der Waals surface area contributed by atoms with Gasteiger partial charge >= 0.3 is 11.7 Å². The molecule has 0 fully saturated rings. The highest BCUT2D eigenvalue weighted by atomic mass is 32.1. The summed E-state index contributed by atoms with van der Waals surface area (Å²) in [5, 5.41) is 7.83. The van der Waals surface area contributed by atoms with Gasteiger partial charge in [-0.3, -0.25) is 9.59 Å². The van der Waals surface area contributed by atoms with E-state index in [1.54, 1.807) is 24.5 Å². The van der Waals surface area contributed by atoms with E-state index in [-0.39, 0.29) is 31.4 Å². The van der Waals surface area contributed by atoms with Crippen LogP contribution < -0.4 is 5.76 Å². The van der Waals surface area contributed by atoms with Crippen molar-refractivity contribution in [1.82, 2.24) is 14.7 Å². The summed E-state index contributed by atoms with van der Waals surface area (Å²) in [5.41, 5.74) is 0. The number of thiophene rings is 2. The number of likely N-dealkylation sites (N-methyl/N-ethyl adjacent to an activating group) is 1. The molecule has 8 nitrogen and oxygen atoms in total. The number of hydrogen-bond acceptors (Lipinski definition) is 8. The Labute approximate surface area is 162 Å². The van der Waals surface area contributed by atoms with E-state index in [1.165, 1.54) is 16.2 Å². The van der Waals surface area contributed by atoms with Crippen molar-refractivity contribution in [3.8, 4) is 10.8 Å². The van der Waals surface area contributed by atoms with Gasteiger partial charge in [-0.15, -0.1) is 27.8 Å². The quantitative estimate of drug-likeness (QED) is 0.532. The number of ether oxygens (including phenoxy) is 1. The van der Waals surface area contributed by atoms with Crippen LogP contribution in [0.15, 0.2) is 44.2 Å². The number of aromatic nitrogens is 2. The predicted molar refractivity (Wildman–Crippen MR) is 100 cm³/mol. The third-order valence-electron chi connectivity index (χ3n) is 3.62. The Hall–Kier alpha value is -2.72. The second kappa shape index (κ2) is 8.78. The largest absolute Gasteiger partial charge is 0.456 e. The number of hydrogen-bond donors (Lipinski definition) is 0. The Morgan fingerprint density at radius 2 is 2.04 bits per heavy atom. The Kier molecular flexibility index (Phi) is 6.20. The molecule has 0 radical (unpaired) electrons. The van der Waals surface area contributed by atoms with E-state index in [1.807, 2.05) is 29.0 Å². The topological polar surface area (TPSA) is 94.6 Å². The number of rotatable bonds is 8. The molecule has 0 aliphatic carbocycles. The molecule has 0 unspecified atom stereocenters. The van der Waals surface area contributed by atoms with E-state index in [2.05, 4.69) is 5.10 Å². The normalized spacial score (nSPS) is 10.7. The Balaban J connectivity index is 1.44. The van der Waals surface area contributed by atoms with Gasteiger partial charge in [0.2, 0.25) is 0 Å². The molecule has 0 aliphatic rings. The fraction of sp³-hybridized carbons (Fsp3) is 0.294. The van der Waals surface area contributed by atoms with Crippen molar-refractivity contribution in [1.29, 1.82) is 0 Å². The van der Waals surface area contributed by atoms with E-state index >= 15 is 0 Å². The summed E-state index contributed by atoms with van der Waals surface area (Å²) in [6.45, 7) is 0.147. The van der Waals surface area contributed by atoms with Gasteiger partial charge in [0, 0.05) is 11.9 Å². The molecule has 0 N–H and O–H groups in total. The van der Waals surface area contributed by atoms with Crippen molar-refractivity contribution in [3.63, 3.8) is 0 Å². The molecular weight excluding hydrogens is 390 g/mol. The molecule has 1 amide bonds. The summed E-state index contributed by atoms with van der Waals surface area (Å²) in [6.07, 6.45) is -0.0851. The molecule has 10 heteroatoms. The van der Waals surface area contributed by atoms with Crippen LogP contribution in [0.4, 0.5) is 0 Å². The third-order valence-corrected chi connectivity index (χ3v) is 5.34. The maximum Gasteiger partial charge on any atom is 0.437 e. The first-order valence-electron chi connectivity index (χ1n) is 8.06. The Morgan fingerprint density at radius 1 is 1.26 bits per heavy atom. The molecule has 142 valence electrons. The average Bonchev–Trinajstić information content (AvgIpc) is 3.39. The van der Waals surface area contributed by atoms with Gasteiger partial charge in [-0.25, -0.2) is 4.79 Å².